The first-order chi connectivity index (χ1) is 9.80. The lowest BCUT2D eigenvalue weighted by Crippen LogP contribution is -2.11. The van der Waals surface area contributed by atoms with E-state index in [-0.39, 0.29) is 6.04 Å². The molecule has 0 spiro atoms. The molecule has 0 saturated heterocycles. The zero-order valence-electron chi connectivity index (χ0n) is 11.8. The summed E-state index contributed by atoms with van der Waals surface area (Å²) >= 11 is 0. The zero-order chi connectivity index (χ0) is 14.4. The quantitative estimate of drug-likeness (QED) is 0.885. The molecule has 1 unspecified atom stereocenters. The molecular formula is C17H18N2O. The van der Waals surface area contributed by atoms with Gasteiger partial charge in [0.1, 0.15) is 11.8 Å². The van der Waals surface area contributed by atoms with Crippen LogP contribution in [0.25, 0.3) is 0 Å². The lowest BCUT2D eigenvalue weighted by Gasteiger charge is -2.21. The number of methoxy groups -OCH3 is 1. The van der Waals surface area contributed by atoms with Crippen LogP contribution >= 0.6 is 0 Å². The number of nitriles is 1. The molecule has 0 fully saturated rings. The molecule has 2 aromatic carbocycles. The molecule has 0 aliphatic rings. The summed E-state index contributed by atoms with van der Waals surface area (Å²) in [7, 11) is 1.68. The number of benzene rings is 2. The molecular weight excluding hydrogens is 248 g/mol. The maximum absolute atomic E-state index is 9.16. The fraction of sp³-hybridized carbons (Fsp3) is 0.235. The van der Waals surface area contributed by atoms with Crippen LogP contribution in [0.5, 0.6) is 5.75 Å². The second-order valence-electron chi connectivity index (χ2n) is 4.50. The largest absolute Gasteiger partial charge is 0.496 e. The third-order valence-electron chi connectivity index (χ3n) is 3.30. The van der Waals surface area contributed by atoms with Gasteiger partial charge in [-0.2, -0.15) is 5.26 Å². The van der Waals surface area contributed by atoms with Gasteiger partial charge in [0.05, 0.1) is 24.4 Å². The highest BCUT2D eigenvalue weighted by atomic mass is 16.5. The maximum atomic E-state index is 9.16. The van der Waals surface area contributed by atoms with E-state index in [9.17, 15) is 0 Å². The van der Waals surface area contributed by atoms with Gasteiger partial charge in [0.2, 0.25) is 0 Å². The first-order valence-electron chi connectivity index (χ1n) is 6.68. The van der Waals surface area contributed by atoms with Crippen molar-refractivity contribution in [2.24, 2.45) is 0 Å². The highest BCUT2D eigenvalue weighted by Crippen LogP contribution is 2.30. The van der Waals surface area contributed by atoms with Crippen LogP contribution in [0.4, 0.5) is 5.69 Å². The first-order valence-corrected chi connectivity index (χ1v) is 6.68. The first kappa shape index (κ1) is 14.0. The summed E-state index contributed by atoms with van der Waals surface area (Å²) in [4.78, 5) is 0. The van der Waals surface area contributed by atoms with Crippen molar-refractivity contribution < 1.29 is 4.74 Å². The lowest BCUT2D eigenvalue weighted by atomic mass is 10.0. The van der Waals surface area contributed by atoms with Gasteiger partial charge in [-0.25, -0.2) is 0 Å². The highest BCUT2D eigenvalue weighted by Gasteiger charge is 2.15. The SMILES string of the molecule is CCC(Nc1ccccc1C#N)c1ccccc1OC. The fourth-order valence-corrected chi connectivity index (χ4v) is 2.25. The van der Waals surface area contributed by atoms with E-state index >= 15 is 0 Å². The minimum absolute atomic E-state index is 0.112. The Hall–Kier alpha value is -2.47. The molecule has 0 aliphatic heterocycles. The fourth-order valence-electron chi connectivity index (χ4n) is 2.25. The predicted octanol–water partition coefficient (Wildman–Crippen LogP) is 4.13. The molecule has 3 heteroatoms. The van der Waals surface area contributed by atoms with Crippen LogP contribution in [0.1, 0.15) is 30.5 Å². The van der Waals surface area contributed by atoms with Gasteiger partial charge in [-0.1, -0.05) is 37.3 Å². The van der Waals surface area contributed by atoms with Crippen LogP contribution < -0.4 is 10.1 Å². The summed E-state index contributed by atoms with van der Waals surface area (Å²) in [6.07, 6.45) is 0.903. The van der Waals surface area contributed by atoms with Crippen LogP contribution in [0, 0.1) is 11.3 Å². The Morgan fingerprint density at radius 3 is 2.55 bits per heavy atom. The van der Waals surface area contributed by atoms with E-state index in [1.165, 1.54) is 0 Å². The van der Waals surface area contributed by atoms with Crippen molar-refractivity contribution in [1.29, 1.82) is 5.26 Å². The summed E-state index contributed by atoms with van der Waals surface area (Å²) in [6, 6.07) is 17.8. The van der Waals surface area contributed by atoms with Crippen molar-refractivity contribution in [3.05, 3.63) is 59.7 Å². The highest BCUT2D eigenvalue weighted by molar-refractivity contribution is 5.58. The third-order valence-corrected chi connectivity index (χ3v) is 3.30. The molecule has 0 radical (unpaired) electrons. The van der Waals surface area contributed by atoms with Gasteiger partial charge < -0.3 is 10.1 Å². The van der Waals surface area contributed by atoms with Crippen LogP contribution in [-0.4, -0.2) is 7.11 Å². The molecule has 102 valence electrons. The summed E-state index contributed by atoms with van der Waals surface area (Å²) in [5.74, 6) is 0.862. The average Bonchev–Trinajstić information content (AvgIpc) is 2.53. The number of hydrogen-bond donors (Lipinski definition) is 1. The third kappa shape index (κ3) is 2.92. The van der Waals surface area contributed by atoms with Gasteiger partial charge in [-0.3, -0.25) is 0 Å². The van der Waals surface area contributed by atoms with E-state index in [2.05, 4.69) is 24.4 Å². The van der Waals surface area contributed by atoms with E-state index < -0.39 is 0 Å². The van der Waals surface area contributed by atoms with Crippen molar-refractivity contribution in [3.8, 4) is 11.8 Å². The molecule has 3 nitrogen and oxygen atoms in total. The normalized spacial score (nSPS) is 11.4. The summed E-state index contributed by atoms with van der Waals surface area (Å²) in [5, 5.41) is 12.6. The van der Waals surface area contributed by atoms with E-state index in [1.54, 1.807) is 7.11 Å². The zero-order valence-corrected chi connectivity index (χ0v) is 11.8. The Labute approximate surface area is 119 Å². The number of anilines is 1. The molecule has 0 saturated carbocycles. The molecule has 2 aromatic rings. The minimum atomic E-state index is 0.112. The van der Waals surface area contributed by atoms with Crippen molar-refractivity contribution in [3.63, 3.8) is 0 Å². The summed E-state index contributed by atoms with van der Waals surface area (Å²) in [5.41, 5.74) is 2.61. The Bertz CT molecular complexity index is 616. The van der Waals surface area contributed by atoms with Gasteiger partial charge in [-0.05, 0) is 24.6 Å². The van der Waals surface area contributed by atoms with Crippen molar-refractivity contribution in [1.82, 2.24) is 0 Å². The van der Waals surface area contributed by atoms with Crippen molar-refractivity contribution in [2.45, 2.75) is 19.4 Å². The molecule has 0 aliphatic carbocycles. The molecule has 1 atom stereocenters. The van der Waals surface area contributed by atoms with Gasteiger partial charge in [0.25, 0.3) is 0 Å². The molecule has 0 amide bonds. The van der Waals surface area contributed by atoms with E-state index in [1.807, 2.05) is 42.5 Å². The molecule has 0 bridgehead atoms. The maximum Gasteiger partial charge on any atom is 0.124 e. The van der Waals surface area contributed by atoms with Crippen molar-refractivity contribution in [2.75, 3.05) is 12.4 Å². The Morgan fingerprint density at radius 2 is 1.85 bits per heavy atom. The molecule has 2 rings (SSSR count). The lowest BCUT2D eigenvalue weighted by molar-refractivity contribution is 0.406. The topological polar surface area (TPSA) is 45.0 Å². The van der Waals surface area contributed by atoms with E-state index in [0.717, 1.165) is 23.4 Å². The Balaban J connectivity index is 2.32. The predicted molar refractivity (Wildman–Crippen MR) is 80.8 cm³/mol. The number of para-hydroxylation sites is 2. The summed E-state index contributed by atoms with van der Waals surface area (Å²) < 4.78 is 5.42. The van der Waals surface area contributed by atoms with Crippen LogP contribution in [0.15, 0.2) is 48.5 Å². The van der Waals surface area contributed by atoms with Crippen LogP contribution in [-0.2, 0) is 0 Å². The van der Waals surface area contributed by atoms with Gasteiger partial charge in [-0.15, -0.1) is 0 Å². The number of hydrogen-bond acceptors (Lipinski definition) is 3. The Morgan fingerprint density at radius 1 is 1.15 bits per heavy atom. The second-order valence-corrected chi connectivity index (χ2v) is 4.50. The number of ether oxygens (including phenoxy) is 1. The van der Waals surface area contributed by atoms with Gasteiger partial charge in [0.15, 0.2) is 0 Å². The van der Waals surface area contributed by atoms with E-state index in [4.69, 9.17) is 10.00 Å². The standard InChI is InChI=1S/C17H18N2O/c1-3-15(14-9-5-7-11-17(14)20-2)19-16-10-6-4-8-13(16)12-18/h4-11,15,19H,3H2,1-2H3. The second kappa shape index (κ2) is 6.63. The smallest absolute Gasteiger partial charge is 0.124 e. The average molecular weight is 266 g/mol. The van der Waals surface area contributed by atoms with Crippen LogP contribution in [0.3, 0.4) is 0 Å². The minimum Gasteiger partial charge on any atom is -0.496 e. The monoisotopic (exact) mass is 266 g/mol. The van der Waals surface area contributed by atoms with Crippen molar-refractivity contribution >= 4 is 5.69 Å². The molecule has 0 heterocycles. The molecule has 1 N–H and O–H groups in total. The van der Waals surface area contributed by atoms with Gasteiger partial charge in [0, 0.05) is 5.56 Å². The summed E-state index contributed by atoms with van der Waals surface area (Å²) in [6.45, 7) is 2.11. The number of nitrogens with zero attached hydrogens (tertiary/aromatic N) is 1. The number of rotatable bonds is 5. The van der Waals surface area contributed by atoms with E-state index in [0.29, 0.717) is 5.56 Å². The number of nitrogens with one attached hydrogen (secondary N) is 1. The molecule has 20 heavy (non-hydrogen) atoms. The van der Waals surface area contributed by atoms with Crippen LogP contribution in [0.2, 0.25) is 0 Å². The Kier molecular flexibility index (Phi) is 4.62. The van der Waals surface area contributed by atoms with Gasteiger partial charge >= 0.3 is 0 Å². The molecule has 0 aromatic heterocycles.